The van der Waals surface area contributed by atoms with Gasteiger partial charge in [0.05, 0.1) is 0 Å². The van der Waals surface area contributed by atoms with Crippen molar-refractivity contribution in [3.8, 4) is 0 Å². The van der Waals surface area contributed by atoms with Gasteiger partial charge in [0.25, 0.3) is 0 Å². The summed E-state index contributed by atoms with van der Waals surface area (Å²) in [4.78, 5) is 0. The Bertz CT molecular complexity index is 358. The van der Waals surface area contributed by atoms with Crippen LogP contribution < -0.4 is 5.32 Å². The summed E-state index contributed by atoms with van der Waals surface area (Å²) < 4.78 is 0. The van der Waals surface area contributed by atoms with Crippen molar-refractivity contribution < 1.29 is 0 Å². The van der Waals surface area contributed by atoms with Crippen molar-refractivity contribution in [1.29, 1.82) is 0 Å². The van der Waals surface area contributed by atoms with Crippen LogP contribution in [0.3, 0.4) is 0 Å². The molecule has 0 bridgehead atoms. The van der Waals surface area contributed by atoms with E-state index in [0.29, 0.717) is 12.0 Å². The van der Waals surface area contributed by atoms with Gasteiger partial charge >= 0.3 is 0 Å². The molecule has 1 heteroatoms. The lowest BCUT2D eigenvalue weighted by Gasteiger charge is -2.29. The standard InChI is InChI=1S/C18H29N/c1-4-5-15-6-10-17(11-7-15)19-18-12-8-16(9-13-18)14(2)3/h8-9,12-15,17,19H,4-7,10-11H2,1-3H3. The Morgan fingerprint density at radius 1 is 1.05 bits per heavy atom. The first-order valence-corrected chi connectivity index (χ1v) is 8.05. The molecule has 1 nitrogen and oxygen atoms in total. The molecule has 0 amide bonds. The summed E-state index contributed by atoms with van der Waals surface area (Å²) >= 11 is 0. The van der Waals surface area contributed by atoms with E-state index < -0.39 is 0 Å². The molecule has 1 aromatic carbocycles. The van der Waals surface area contributed by atoms with Crippen LogP contribution in [0.25, 0.3) is 0 Å². The molecule has 0 heterocycles. The average Bonchev–Trinajstić information content (AvgIpc) is 2.42. The summed E-state index contributed by atoms with van der Waals surface area (Å²) in [6.07, 6.45) is 8.29. The zero-order chi connectivity index (χ0) is 13.7. The molecule has 2 rings (SSSR count). The minimum atomic E-state index is 0.624. The van der Waals surface area contributed by atoms with Gasteiger partial charge in [0.1, 0.15) is 0 Å². The maximum Gasteiger partial charge on any atom is 0.0342 e. The van der Waals surface area contributed by atoms with Gasteiger partial charge < -0.3 is 5.32 Å². The zero-order valence-corrected chi connectivity index (χ0v) is 12.8. The van der Waals surface area contributed by atoms with Crippen molar-refractivity contribution in [2.45, 2.75) is 71.3 Å². The van der Waals surface area contributed by atoms with E-state index in [1.807, 2.05) is 0 Å². The quantitative estimate of drug-likeness (QED) is 0.727. The summed E-state index contributed by atoms with van der Waals surface area (Å²) in [5.74, 6) is 1.62. The predicted octanol–water partition coefficient (Wildman–Crippen LogP) is 5.58. The molecule has 0 saturated heterocycles. The maximum atomic E-state index is 3.71. The molecule has 0 aromatic heterocycles. The highest BCUT2D eigenvalue weighted by molar-refractivity contribution is 5.46. The first kappa shape index (κ1) is 14.4. The summed E-state index contributed by atoms with van der Waals surface area (Å²) in [6.45, 7) is 6.80. The fraction of sp³-hybridized carbons (Fsp3) is 0.667. The number of anilines is 1. The van der Waals surface area contributed by atoms with Crippen LogP contribution in [-0.2, 0) is 0 Å². The van der Waals surface area contributed by atoms with Crippen LogP contribution in [0.4, 0.5) is 5.69 Å². The van der Waals surface area contributed by atoms with Gasteiger partial charge in [-0.05, 0) is 55.2 Å². The maximum absolute atomic E-state index is 3.71. The fourth-order valence-electron chi connectivity index (χ4n) is 3.20. The molecular weight excluding hydrogens is 230 g/mol. The van der Waals surface area contributed by atoms with Gasteiger partial charge in [0.2, 0.25) is 0 Å². The molecule has 0 unspecified atom stereocenters. The Balaban J connectivity index is 1.82. The zero-order valence-electron chi connectivity index (χ0n) is 12.8. The lowest BCUT2D eigenvalue weighted by molar-refractivity contribution is 0.319. The van der Waals surface area contributed by atoms with Crippen LogP contribution >= 0.6 is 0 Å². The van der Waals surface area contributed by atoms with Gasteiger partial charge in [-0.1, -0.05) is 45.7 Å². The van der Waals surface area contributed by atoms with E-state index in [-0.39, 0.29) is 0 Å². The van der Waals surface area contributed by atoms with E-state index in [9.17, 15) is 0 Å². The normalized spacial score (nSPS) is 23.6. The first-order chi connectivity index (χ1) is 9.19. The molecule has 1 aliphatic carbocycles. The molecule has 0 radical (unpaired) electrons. The van der Waals surface area contributed by atoms with Gasteiger partial charge in [-0.25, -0.2) is 0 Å². The average molecular weight is 259 g/mol. The van der Waals surface area contributed by atoms with Crippen LogP contribution in [0.15, 0.2) is 24.3 Å². The summed E-state index contributed by atoms with van der Waals surface area (Å²) in [5.41, 5.74) is 2.72. The number of nitrogens with one attached hydrogen (secondary N) is 1. The van der Waals surface area contributed by atoms with E-state index in [1.54, 1.807) is 0 Å². The third-order valence-corrected chi connectivity index (χ3v) is 4.49. The van der Waals surface area contributed by atoms with E-state index >= 15 is 0 Å². The molecule has 1 fully saturated rings. The monoisotopic (exact) mass is 259 g/mol. The van der Waals surface area contributed by atoms with Gasteiger partial charge in [-0.3, -0.25) is 0 Å². The van der Waals surface area contributed by atoms with Crippen LogP contribution in [0.5, 0.6) is 0 Å². The second-order valence-electron chi connectivity index (χ2n) is 6.43. The van der Waals surface area contributed by atoms with E-state index in [1.165, 1.54) is 49.8 Å². The van der Waals surface area contributed by atoms with Crippen LogP contribution in [0, 0.1) is 5.92 Å². The van der Waals surface area contributed by atoms with E-state index in [2.05, 4.69) is 50.4 Å². The highest BCUT2D eigenvalue weighted by atomic mass is 14.9. The smallest absolute Gasteiger partial charge is 0.0342 e. The molecule has 1 aliphatic rings. The largest absolute Gasteiger partial charge is 0.382 e. The second kappa shape index (κ2) is 6.98. The number of benzene rings is 1. The van der Waals surface area contributed by atoms with E-state index in [0.717, 1.165) is 5.92 Å². The highest BCUT2D eigenvalue weighted by Gasteiger charge is 2.20. The molecule has 106 valence electrons. The third-order valence-electron chi connectivity index (χ3n) is 4.49. The van der Waals surface area contributed by atoms with Crippen LogP contribution in [-0.4, -0.2) is 6.04 Å². The molecule has 1 saturated carbocycles. The number of rotatable bonds is 5. The minimum Gasteiger partial charge on any atom is -0.382 e. The van der Waals surface area contributed by atoms with Crippen molar-refractivity contribution in [1.82, 2.24) is 0 Å². The lowest BCUT2D eigenvalue weighted by atomic mass is 9.83. The molecule has 19 heavy (non-hydrogen) atoms. The van der Waals surface area contributed by atoms with Crippen molar-refractivity contribution >= 4 is 5.69 Å². The lowest BCUT2D eigenvalue weighted by Crippen LogP contribution is -2.26. The number of hydrogen-bond donors (Lipinski definition) is 1. The SMILES string of the molecule is CCCC1CCC(Nc2ccc(C(C)C)cc2)CC1. The molecule has 0 aliphatic heterocycles. The molecule has 1 aromatic rings. The third kappa shape index (κ3) is 4.26. The molecule has 0 spiro atoms. The molecule has 0 atom stereocenters. The van der Waals surface area contributed by atoms with Crippen molar-refractivity contribution in [3.05, 3.63) is 29.8 Å². The van der Waals surface area contributed by atoms with Crippen LogP contribution in [0.1, 0.15) is 70.8 Å². The Hall–Kier alpha value is -0.980. The summed E-state index contributed by atoms with van der Waals surface area (Å²) in [5, 5.41) is 3.71. The Kier molecular flexibility index (Phi) is 5.30. The first-order valence-electron chi connectivity index (χ1n) is 8.05. The van der Waals surface area contributed by atoms with Gasteiger partial charge in [0, 0.05) is 11.7 Å². The van der Waals surface area contributed by atoms with Gasteiger partial charge in [-0.15, -0.1) is 0 Å². The van der Waals surface area contributed by atoms with Crippen molar-refractivity contribution in [2.24, 2.45) is 5.92 Å². The summed E-state index contributed by atoms with van der Waals surface area (Å²) in [6, 6.07) is 9.70. The highest BCUT2D eigenvalue weighted by Crippen LogP contribution is 2.29. The number of hydrogen-bond acceptors (Lipinski definition) is 1. The molecular formula is C18H29N. The molecule has 1 N–H and O–H groups in total. The van der Waals surface area contributed by atoms with Crippen molar-refractivity contribution in [3.63, 3.8) is 0 Å². The Morgan fingerprint density at radius 2 is 1.68 bits per heavy atom. The van der Waals surface area contributed by atoms with Crippen molar-refractivity contribution in [2.75, 3.05) is 5.32 Å². The van der Waals surface area contributed by atoms with Crippen LogP contribution in [0.2, 0.25) is 0 Å². The Labute approximate surface area is 118 Å². The van der Waals surface area contributed by atoms with Gasteiger partial charge in [0.15, 0.2) is 0 Å². The summed E-state index contributed by atoms with van der Waals surface area (Å²) in [7, 11) is 0. The Morgan fingerprint density at radius 3 is 2.21 bits per heavy atom. The topological polar surface area (TPSA) is 12.0 Å². The fourth-order valence-corrected chi connectivity index (χ4v) is 3.20. The minimum absolute atomic E-state index is 0.624. The van der Waals surface area contributed by atoms with Gasteiger partial charge in [-0.2, -0.15) is 0 Å². The predicted molar refractivity (Wildman–Crippen MR) is 84.8 cm³/mol. The van der Waals surface area contributed by atoms with E-state index in [4.69, 9.17) is 0 Å². The second-order valence-corrected chi connectivity index (χ2v) is 6.43.